The Morgan fingerprint density at radius 3 is 3.00 bits per heavy atom. The molecule has 3 heterocycles. The molecule has 0 aliphatic carbocycles. The first-order valence-corrected chi connectivity index (χ1v) is 7.07. The van der Waals surface area contributed by atoms with E-state index in [-0.39, 0.29) is 11.9 Å². The molecule has 1 atom stereocenters. The van der Waals surface area contributed by atoms with Gasteiger partial charge in [0.2, 0.25) is 0 Å². The zero-order valence-corrected chi connectivity index (χ0v) is 11.9. The zero-order chi connectivity index (χ0) is 14.1. The fourth-order valence-electron chi connectivity index (χ4n) is 2.79. The zero-order valence-electron chi connectivity index (χ0n) is 11.9. The van der Waals surface area contributed by atoms with Gasteiger partial charge in [0.15, 0.2) is 5.76 Å². The molecule has 1 aliphatic rings. The second-order valence-corrected chi connectivity index (χ2v) is 5.22. The van der Waals surface area contributed by atoms with Gasteiger partial charge in [-0.25, -0.2) is 0 Å². The van der Waals surface area contributed by atoms with Crippen molar-refractivity contribution in [3.8, 4) is 0 Å². The van der Waals surface area contributed by atoms with Crippen LogP contribution >= 0.6 is 0 Å². The third-order valence-electron chi connectivity index (χ3n) is 3.84. The predicted octanol–water partition coefficient (Wildman–Crippen LogP) is 2.55. The maximum atomic E-state index is 12.6. The summed E-state index contributed by atoms with van der Waals surface area (Å²) in [6.07, 6.45) is 6.64. The van der Waals surface area contributed by atoms with Crippen molar-refractivity contribution in [1.29, 1.82) is 0 Å². The smallest absolute Gasteiger partial charge is 0.290 e. The Morgan fingerprint density at radius 1 is 1.50 bits per heavy atom. The molecule has 1 amide bonds. The fraction of sp³-hybridized carbons (Fsp3) is 0.467. The number of amides is 1. The van der Waals surface area contributed by atoms with Gasteiger partial charge >= 0.3 is 0 Å². The summed E-state index contributed by atoms with van der Waals surface area (Å²) in [6.45, 7) is 2.79. The summed E-state index contributed by atoms with van der Waals surface area (Å²) in [5.74, 6) is 1.28. The lowest BCUT2D eigenvalue weighted by Crippen LogP contribution is -2.30. The average Bonchev–Trinajstić information content (AvgIpc) is 3.17. The summed E-state index contributed by atoms with van der Waals surface area (Å²) in [6, 6.07) is 3.77. The summed E-state index contributed by atoms with van der Waals surface area (Å²) in [4.78, 5) is 14.5. The van der Waals surface area contributed by atoms with Crippen LogP contribution in [-0.4, -0.2) is 27.1 Å². The minimum Gasteiger partial charge on any atom is -0.456 e. The van der Waals surface area contributed by atoms with Gasteiger partial charge in [-0.3, -0.25) is 9.48 Å². The number of hydrogen-bond acceptors (Lipinski definition) is 3. The quantitative estimate of drug-likeness (QED) is 0.863. The standard InChI is InChI=1S/C15H19N3O2/c1-3-12-6-7-14(20-12)15(19)18-8-4-5-13(18)11-9-16-17(2)10-11/h6-7,9-10,13H,3-5,8H2,1-2H3. The second-order valence-electron chi connectivity index (χ2n) is 5.22. The van der Waals surface area contributed by atoms with Crippen molar-refractivity contribution < 1.29 is 9.21 Å². The summed E-state index contributed by atoms with van der Waals surface area (Å²) in [7, 11) is 1.89. The highest BCUT2D eigenvalue weighted by Crippen LogP contribution is 2.33. The van der Waals surface area contributed by atoms with Crippen LogP contribution in [0.15, 0.2) is 28.9 Å². The maximum absolute atomic E-state index is 12.6. The summed E-state index contributed by atoms with van der Waals surface area (Å²) in [5.41, 5.74) is 1.10. The highest BCUT2D eigenvalue weighted by Gasteiger charge is 2.32. The molecule has 0 radical (unpaired) electrons. The SMILES string of the molecule is CCc1ccc(C(=O)N2CCCC2c2cnn(C)c2)o1. The van der Waals surface area contributed by atoms with Crippen molar-refractivity contribution in [3.05, 3.63) is 41.6 Å². The van der Waals surface area contributed by atoms with Gasteiger partial charge in [-0.05, 0) is 25.0 Å². The highest BCUT2D eigenvalue weighted by molar-refractivity contribution is 5.92. The molecular weight excluding hydrogens is 254 g/mol. The Hall–Kier alpha value is -2.04. The Kier molecular flexibility index (Phi) is 3.34. The van der Waals surface area contributed by atoms with Crippen LogP contribution in [0.2, 0.25) is 0 Å². The van der Waals surface area contributed by atoms with Crippen LogP contribution in [-0.2, 0) is 13.5 Å². The molecule has 5 nitrogen and oxygen atoms in total. The molecule has 2 aromatic rings. The van der Waals surface area contributed by atoms with Crippen molar-refractivity contribution in [2.45, 2.75) is 32.2 Å². The molecule has 0 spiro atoms. The lowest BCUT2D eigenvalue weighted by Gasteiger charge is -2.22. The van der Waals surface area contributed by atoms with Crippen LogP contribution in [0.1, 0.15) is 47.7 Å². The molecular formula is C15H19N3O2. The monoisotopic (exact) mass is 273 g/mol. The largest absolute Gasteiger partial charge is 0.456 e. The van der Waals surface area contributed by atoms with E-state index in [1.807, 2.05) is 37.3 Å². The molecule has 1 fully saturated rings. The fourth-order valence-corrected chi connectivity index (χ4v) is 2.79. The van der Waals surface area contributed by atoms with E-state index < -0.39 is 0 Å². The topological polar surface area (TPSA) is 51.3 Å². The predicted molar refractivity (Wildman–Crippen MR) is 74.3 cm³/mol. The van der Waals surface area contributed by atoms with E-state index in [0.717, 1.165) is 37.1 Å². The molecule has 3 rings (SSSR count). The van der Waals surface area contributed by atoms with Gasteiger partial charge in [-0.2, -0.15) is 5.10 Å². The first kappa shape index (κ1) is 13.0. The van der Waals surface area contributed by atoms with Crippen LogP contribution in [0.4, 0.5) is 0 Å². The van der Waals surface area contributed by atoms with Gasteiger partial charge in [0.1, 0.15) is 5.76 Å². The van der Waals surface area contributed by atoms with E-state index in [0.29, 0.717) is 5.76 Å². The number of nitrogens with zero attached hydrogens (tertiary/aromatic N) is 3. The normalized spacial score (nSPS) is 18.7. The number of hydrogen-bond donors (Lipinski definition) is 0. The maximum Gasteiger partial charge on any atom is 0.290 e. The molecule has 1 unspecified atom stereocenters. The Bertz CT molecular complexity index is 614. The second kappa shape index (κ2) is 5.15. The first-order chi connectivity index (χ1) is 9.69. The van der Waals surface area contributed by atoms with E-state index in [9.17, 15) is 4.79 Å². The van der Waals surface area contributed by atoms with Crippen molar-refractivity contribution in [1.82, 2.24) is 14.7 Å². The Balaban J connectivity index is 1.83. The molecule has 1 saturated heterocycles. The molecule has 20 heavy (non-hydrogen) atoms. The van der Waals surface area contributed by atoms with Crippen molar-refractivity contribution >= 4 is 5.91 Å². The van der Waals surface area contributed by atoms with Crippen molar-refractivity contribution in [3.63, 3.8) is 0 Å². The number of carbonyl (C=O) groups excluding carboxylic acids is 1. The molecule has 0 aromatic carbocycles. The number of aryl methyl sites for hydroxylation is 2. The molecule has 0 saturated carbocycles. The van der Waals surface area contributed by atoms with Gasteiger partial charge in [-0.1, -0.05) is 6.92 Å². The minimum atomic E-state index is -0.0175. The van der Waals surface area contributed by atoms with Crippen molar-refractivity contribution in [2.75, 3.05) is 6.54 Å². The third kappa shape index (κ3) is 2.24. The van der Waals surface area contributed by atoms with Gasteiger partial charge in [-0.15, -0.1) is 0 Å². The van der Waals surface area contributed by atoms with Crippen LogP contribution in [0.3, 0.4) is 0 Å². The number of furan rings is 1. The summed E-state index contributed by atoms with van der Waals surface area (Å²) in [5, 5.41) is 4.20. The molecule has 0 bridgehead atoms. The molecule has 1 aliphatic heterocycles. The molecule has 5 heteroatoms. The minimum absolute atomic E-state index is 0.0175. The summed E-state index contributed by atoms with van der Waals surface area (Å²) < 4.78 is 7.36. The number of carbonyl (C=O) groups is 1. The van der Waals surface area contributed by atoms with E-state index in [1.165, 1.54) is 0 Å². The number of aromatic nitrogens is 2. The Morgan fingerprint density at radius 2 is 2.35 bits per heavy atom. The van der Waals surface area contributed by atoms with Crippen LogP contribution in [0.25, 0.3) is 0 Å². The van der Waals surface area contributed by atoms with E-state index in [2.05, 4.69) is 5.10 Å². The summed E-state index contributed by atoms with van der Waals surface area (Å²) >= 11 is 0. The lowest BCUT2D eigenvalue weighted by molar-refractivity contribution is 0.0701. The first-order valence-electron chi connectivity index (χ1n) is 7.07. The third-order valence-corrected chi connectivity index (χ3v) is 3.84. The van der Waals surface area contributed by atoms with Crippen LogP contribution in [0, 0.1) is 0 Å². The van der Waals surface area contributed by atoms with Gasteiger partial charge in [0, 0.05) is 31.8 Å². The molecule has 106 valence electrons. The van der Waals surface area contributed by atoms with Gasteiger partial charge < -0.3 is 9.32 Å². The Labute approximate surface area is 118 Å². The lowest BCUT2D eigenvalue weighted by atomic mass is 10.1. The van der Waals surface area contributed by atoms with Crippen LogP contribution in [0.5, 0.6) is 0 Å². The van der Waals surface area contributed by atoms with Crippen molar-refractivity contribution in [2.24, 2.45) is 7.05 Å². The number of likely N-dealkylation sites (tertiary alicyclic amines) is 1. The van der Waals surface area contributed by atoms with Crippen LogP contribution < -0.4 is 0 Å². The van der Waals surface area contributed by atoms with E-state index >= 15 is 0 Å². The van der Waals surface area contributed by atoms with E-state index in [4.69, 9.17) is 4.42 Å². The van der Waals surface area contributed by atoms with Gasteiger partial charge in [0.25, 0.3) is 5.91 Å². The van der Waals surface area contributed by atoms with E-state index in [1.54, 1.807) is 10.7 Å². The highest BCUT2D eigenvalue weighted by atomic mass is 16.4. The molecule has 2 aromatic heterocycles. The van der Waals surface area contributed by atoms with Gasteiger partial charge in [0.05, 0.1) is 12.2 Å². The average molecular weight is 273 g/mol. The number of rotatable bonds is 3. The molecule has 0 N–H and O–H groups in total.